The third kappa shape index (κ3) is 4.47. The number of nitrogens with one attached hydrogen (secondary N) is 2. The van der Waals surface area contributed by atoms with Gasteiger partial charge in [-0.25, -0.2) is 14.6 Å². The number of aromatic nitrogens is 4. The summed E-state index contributed by atoms with van der Waals surface area (Å²) in [5.74, 6) is 1.23. The quantitative estimate of drug-likeness (QED) is 0.608. The molecule has 0 radical (unpaired) electrons. The van der Waals surface area contributed by atoms with E-state index in [1.54, 1.807) is 10.9 Å². The van der Waals surface area contributed by atoms with E-state index in [1.807, 2.05) is 31.3 Å². The molecule has 33 heavy (non-hydrogen) atoms. The summed E-state index contributed by atoms with van der Waals surface area (Å²) >= 11 is 0. The van der Waals surface area contributed by atoms with E-state index in [9.17, 15) is 4.79 Å². The Bertz CT molecular complexity index is 1180. The standard InChI is InChI=1S/C25H31N7O/c1-4-5-20-21(26-3)9-19(13-27-20)30-23(33)15-32-24-22(14-29-32)28-12-18(31-24)8-16(2)17-10-25(11-17)6-7-25/h4-5,9,12,14,16-17,27H,3,6-8,10-11,13,15H2,1-2H3,(H,30,33)/b5-4-. The molecule has 2 fully saturated rings. The van der Waals surface area contributed by atoms with Crippen LogP contribution in [0.1, 0.15) is 45.2 Å². The van der Waals surface area contributed by atoms with Gasteiger partial charge in [-0.05, 0) is 75.1 Å². The lowest BCUT2D eigenvalue weighted by Gasteiger charge is -2.40. The zero-order valence-corrected chi connectivity index (χ0v) is 19.3. The van der Waals surface area contributed by atoms with Crippen LogP contribution in [0.5, 0.6) is 0 Å². The maximum atomic E-state index is 12.7. The highest BCUT2D eigenvalue weighted by Gasteiger charge is 2.53. The number of dihydropyridines is 1. The molecule has 5 rings (SSSR count). The van der Waals surface area contributed by atoms with Gasteiger partial charge in [0.25, 0.3) is 0 Å². The Kier molecular flexibility index (Phi) is 5.60. The van der Waals surface area contributed by atoms with Gasteiger partial charge in [-0.2, -0.15) is 5.10 Å². The maximum Gasteiger partial charge on any atom is 0.246 e. The minimum atomic E-state index is -0.171. The fourth-order valence-corrected chi connectivity index (χ4v) is 5.09. The van der Waals surface area contributed by atoms with E-state index in [-0.39, 0.29) is 12.5 Å². The third-order valence-corrected chi connectivity index (χ3v) is 7.23. The van der Waals surface area contributed by atoms with Crippen molar-refractivity contribution in [3.63, 3.8) is 0 Å². The highest BCUT2D eigenvalue weighted by molar-refractivity contribution is 5.80. The van der Waals surface area contributed by atoms with Crippen LogP contribution in [0.15, 0.2) is 52.7 Å². The molecular weight excluding hydrogens is 414 g/mol. The van der Waals surface area contributed by atoms with Gasteiger partial charge in [0.1, 0.15) is 12.1 Å². The Morgan fingerprint density at radius 1 is 1.42 bits per heavy atom. The largest absolute Gasteiger partial charge is 0.378 e. The van der Waals surface area contributed by atoms with Crippen molar-refractivity contribution in [1.82, 2.24) is 30.4 Å². The highest BCUT2D eigenvalue weighted by atomic mass is 16.2. The molecule has 2 aromatic rings. The number of hydrogen-bond acceptors (Lipinski definition) is 6. The molecule has 0 bridgehead atoms. The monoisotopic (exact) mass is 445 g/mol. The van der Waals surface area contributed by atoms with Crippen molar-refractivity contribution < 1.29 is 4.79 Å². The molecule has 2 aliphatic carbocycles. The minimum absolute atomic E-state index is 0.0714. The Labute approximate surface area is 194 Å². The van der Waals surface area contributed by atoms with Gasteiger partial charge in [0, 0.05) is 11.9 Å². The molecular formula is C25H31N7O. The number of nitrogens with zero attached hydrogens (tertiary/aromatic N) is 5. The highest BCUT2D eigenvalue weighted by Crippen LogP contribution is 2.65. The summed E-state index contributed by atoms with van der Waals surface area (Å²) in [5.41, 5.74) is 5.36. The number of allylic oxidation sites excluding steroid dienone is 3. The van der Waals surface area contributed by atoms with E-state index in [4.69, 9.17) is 4.98 Å². The first-order valence-corrected chi connectivity index (χ1v) is 11.7. The topological polar surface area (TPSA) is 97.1 Å². The second-order valence-electron chi connectivity index (χ2n) is 9.75. The van der Waals surface area contributed by atoms with Crippen molar-refractivity contribution in [3.8, 4) is 0 Å². The number of aliphatic imine (C=N–C) groups is 1. The van der Waals surface area contributed by atoms with Gasteiger partial charge in [0.2, 0.25) is 5.91 Å². The van der Waals surface area contributed by atoms with Gasteiger partial charge < -0.3 is 10.6 Å². The molecule has 1 amide bonds. The molecule has 8 nitrogen and oxygen atoms in total. The molecule has 2 N–H and O–H groups in total. The number of fused-ring (bicyclic) bond motifs is 1. The molecule has 1 unspecified atom stereocenters. The van der Waals surface area contributed by atoms with Gasteiger partial charge in [-0.1, -0.05) is 13.0 Å². The van der Waals surface area contributed by atoms with Crippen LogP contribution in [0.25, 0.3) is 11.2 Å². The minimum Gasteiger partial charge on any atom is -0.378 e. The summed E-state index contributed by atoms with van der Waals surface area (Å²) in [6.45, 7) is 8.46. The number of hydrogen-bond donors (Lipinski definition) is 2. The van der Waals surface area contributed by atoms with E-state index < -0.39 is 0 Å². The predicted molar refractivity (Wildman–Crippen MR) is 128 cm³/mol. The molecule has 1 atom stereocenters. The molecule has 3 heterocycles. The lowest BCUT2D eigenvalue weighted by Crippen LogP contribution is -2.34. The zero-order valence-electron chi connectivity index (χ0n) is 19.3. The van der Waals surface area contributed by atoms with Crippen molar-refractivity contribution in [2.75, 3.05) is 6.54 Å². The normalized spacial score (nSPS) is 20.5. The zero-order chi connectivity index (χ0) is 23.0. The van der Waals surface area contributed by atoms with Crippen molar-refractivity contribution >= 4 is 23.8 Å². The molecule has 2 aromatic heterocycles. The van der Waals surface area contributed by atoms with Crippen LogP contribution in [0.3, 0.4) is 0 Å². The van der Waals surface area contributed by atoms with Crippen LogP contribution in [0.4, 0.5) is 0 Å². The molecule has 0 saturated heterocycles. The first-order chi connectivity index (χ1) is 16.0. The Hall–Kier alpha value is -3.29. The SMILES string of the molecule is C=NC1=C(/C=C\C)NCC(NC(=O)Cn2ncc3ncc(CC(C)C4CC5(CC5)C4)nc32)=C1. The predicted octanol–water partition coefficient (Wildman–Crippen LogP) is 3.29. The van der Waals surface area contributed by atoms with E-state index in [0.717, 1.165) is 34.8 Å². The van der Waals surface area contributed by atoms with Crippen molar-refractivity contribution in [2.24, 2.45) is 22.2 Å². The van der Waals surface area contributed by atoms with Crippen LogP contribution in [0.2, 0.25) is 0 Å². The summed E-state index contributed by atoms with van der Waals surface area (Å²) in [6.07, 6.45) is 15.7. The Morgan fingerprint density at radius 2 is 2.24 bits per heavy atom. The van der Waals surface area contributed by atoms with Crippen molar-refractivity contribution in [3.05, 3.63) is 53.4 Å². The van der Waals surface area contributed by atoms with E-state index in [2.05, 4.69) is 39.3 Å². The summed E-state index contributed by atoms with van der Waals surface area (Å²) in [5, 5.41) is 10.5. The van der Waals surface area contributed by atoms with E-state index in [1.165, 1.54) is 25.7 Å². The molecule has 3 aliphatic rings. The average Bonchev–Trinajstić information content (AvgIpc) is 3.50. The van der Waals surface area contributed by atoms with E-state index in [0.29, 0.717) is 29.3 Å². The van der Waals surface area contributed by atoms with Crippen LogP contribution in [0, 0.1) is 17.3 Å². The van der Waals surface area contributed by atoms with E-state index >= 15 is 0 Å². The number of carbonyl (C=O) groups is 1. The Balaban J connectivity index is 1.24. The fraction of sp³-hybridized carbons (Fsp3) is 0.480. The van der Waals surface area contributed by atoms with Gasteiger partial charge in [0.15, 0.2) is 5.65 Å². The average molecular weight is 446 g/mol. The van der Waals surface area contributed by atoms with Gasteiger partial charge >= 0.3 is 0 Å². The number of carbonyl (C=O) groups excluding carboxylic acids is 1. The molecule has 1 aliphatic heterocycles. The van der Waals surface area contributed by atoms with Gasteiger partial charge in [0.05, 0.1) is 29.8 Å². The molecule has 2 saturated carbocycles. The summed E-state index contributed by atoms with van der Waals surface area (Å²) in [6, 6.07) is 0. The first-order valence-electron chi connectivity index (χ1n) is 11.7. The van der Waals surface area contributed by atoms with Crippen molar-refractivity contribution in [2.45, 2.75) is 52.5 Å². The third-order valence-electron chi connectivity index (χ3n) is 7.23. The molecule has 172 valence electrons. The summed E-state index contributed by atoms with van der Waals surface area (Å²) < 4.78 is 1.62. The lowest BCUT2D eigenvalue weighted by atomic mass is 9.65. The van der Waals surface area contributed by atoms with Crippen LogP contribution < -0.4 is 10.6 Å². The second kappa shape index (κ2) is 8.57. The fourth-order valence-electron chi connectivity index (χ4n) is 5.09. The van der Waals surface area contributed by atoms with Crippen LogP contribution in [-0.2, 0) is 17.8 Å². The smallest absolute Gasteiger partial charge is 0.246 e. The van der Waals surface area contributed by atoms with Crippen molar-refractivity contribution in [1.29, 1.82) is 0 Å². The molecule has 8 heteroatoms. The number of rotatable bonds is 8. The van der Waals surface area contributed by atoms with Crippen LogP contribution >= 0.6 is 0 Å². The number of amides is 1. The van der Waals surface area contributed by atoms with Crippen LogP contribution in [-0.4, -0.2) is 38.9 Å². The van der Waals surface area contributed by atoms with Gasteiger partial charge in [-0.3, -0.25) is 9.79 Å². The Morgan fingerprint density at radius 3 is 2.97 bits per heavy atom. The molecule has 1 spiro atoms. The maximum absolute atomic E-state index is 12.7. The summed E-state index contributed by atoms with van der Waals surface area (Å²) in [4.78, 5) is 26.1. The molecule has 0 aromatic carbocycles. The summed E-state index contributed by atoms with van der Waals surface area (Å²) in [7, 11) is 0. The second-order valence-corrected chi connectivity index (χ2v) is 9.75. The lowest BCUT2D eigenvalue weighted by molar-refractivity contribution is -0.121. The first kappa shape index (κ1) is 21.6. The van der Waals surface area contributed by atoms with Gasteiger partial charge in [-0.15, -0.1) is 0 Å².